The first-order valence-electron chi connectivity index (χ1n) is 7.08. The van der Waals surface area contributed by atoms with Gasteiger partial charge in [0.15, 0.2) is 0 Å². The summed E-state index contributed by atoms with van der Waals surface area (Å²) >= 11 is 7.56. The fraction of sp³-hybridized carbons (Fsp3) is 0.333. The molecule has 1 fully saturated rings. The summed E-state index contributed by atoms with van der Waals surface area (Å²) < 4.78 is 0.813. The number of rotatable bonds is 4. The minimum absolute atomic E-state index is 0.181. The monoisotopic (exact) mass is 337 g/mol. The van der Waals surface area contributed by atoms with Gasteiger partial charge in [-0.2, -0.15) is 0 Å². The Morgan fingerprint density at radius 3 is 2.50 bits per heavy atom. The van der Waals surface area contributed by atoms with Crippen LogP contribution in [-0.2, 0) is 6.54 Å². The second-order valence-electron chi connectivity index (χ2n) is 5.21. The number of piperazine rings is 1. The van der Waals surface area contributed by atoms with Gasteiger partial charge in [0, 0.05) is 43.7 Å². The molecule has 0 radical (unpaired) electrons. The lowest BCUT2D eigenvalue weighted by atomic mass is 10.2. The molecule has 0 bridgehead atoms. The highest BCUT2D eigenvalue weighted by molar-refractivity contribution is 7.16. The molecule has 2 heterocycles. The first kappa shape index (κ1) is 15.3. The van der Waals surface area contributed by atoms with E-state index in [2.05, 4.69) is 15.9 Å². The Hall–Kier alpha value is -1.63. The number of para-hydroxylation sites is 2. The van der Waals surface area contributed by atoms with Crippen LogP contribution >= 0.6 is 22.9 Å². The Morgan fingerprint density at radius 2 is 1.86 bits per heavy atom. The van der Waals surface area contributed by atoms with Gasteiger partial charge in [-0.3, -0.25) is 15.0 Å². The fourth-order valence-corrected chi connectivity index (χ4v) is 3.82. The Balaban J connectivity index is 1.63. The van der Waals surface area contributed by atoms with Gasteiger partial charge in [0.05, 0.1) is 9.26 Å². The third kappa shape index (κ3) is 3.40. The first-order chi connectivity index (χ1) is 10.6. The van der Waals surface area contributed by atoms with Gasteiger partial charge in [0.1, 0.15) is 5.69 Å². The first-order valence-corrected chi connectivity index (χ1v) is 8.28. The van der Waals surface area contributed by atoms with Crippen molar-refractivity contribution in [2.45, 2.75) is 6.54 Å². The molecule has 0 unspecified atom stereocenters. The van der Waals surface area contributed by atoms with E-state index in [1.165, 1.54) is 4.88 Å². The zero-order chi connectivity index (χ0) is 15.5. The molecule has 0 atom stereocenters. The SMILES string of the molecule is O=[N+]([O-])c1ccccc1N1CCN(Cc2ccc(Cl)s2)CC1. The second-order valence-corrected chi connectivity index (χ2v) is 7.01. The minimum Gasteiger partial charge on any atom is -0.363 e. The molecule has 5 nitrogen and oxygen atoms in total. The van der Waals surface area contributed by atoms with Gasteiger partial charge in [0.25, 0.3) is 5.69 Å². The number of nitrogens with zero attached hydrogens (tertiary/aromatic N) is 3. The van der Waals surface area contributed by atoms with Crippen LogP contribution in [0.15, 0.2) is 36.4 Å². The predicted octanol–water partition coefficient (Wildman–Crippen LogP) is 3.63. The van der Waals surface area contributed by atoms with Crippen molar-refractivity contribution in [3.05, 3.63) is 55.7 Å². The van der Waals surface area contributed by atoms with E-state index in [0.29, 0.717) is 5.69 Å². The average molecular weight is 338 g/mol. The molecule has 1 aliphatic rings. The third-order valence-corrected chi connectivity index (χ3v) is 5.02. The van der Waals surface area contributed by atoms with Crippen molar-refractivity contribution in [2.24, 2.45) is 0 Å². The zero-order valence-electron chi connectivity index (χ0n) is 11.9. The molecule has 0 saturated carbocycles. The molecule has 1 aromatic heterocycles. The van der Waals surface area contributed by atoms with Crippen LogP contribution in [0.25, 0.3) is 0 Å². The van der Waals surface area contributed by atoms with E-state index >= 15 is 0 Å². The van der Waals surface area contributed by atoms with E-state index in [9.17, 15) is 10.1 Å². The maximum atomic E-state index is 11.1. The lowest BCUT2D eigenvalue weighted by Gasteiger charge is -2.35. The molecule has 0 amide bonds. The lowest BCUT2D eigenvalue weighted by molar-refractivity contribution is -0.384. The lowest BCUT2D eigenvalue weighted by Crippen LogP contribution is -2.46. The molecule has 1 saturated heterocycles. The Labute approximate surface area is 137 Å². The van der Waals surface area contributed by atoms with Crippen molar-refractivity contribution in [3.63, 3.8) is 0 Å². The van der Waals surface area contributed by atoms with Crippen molar-refractivity contribution in [1.82, 2.24) is 4.90 Å². The van der Waals surface area contributed by atoms with Crippen LogP contribution in [0.5, 0.6) is 0 Å². The Morgan fingerprint density at radius 1 is 1.14 bits per heavy atom. The highest BCUT2D eigenvalue weighted by Gasteiger charge is 2.23. The summed E-state index contributed by atoms with van der Waals surface area (Å²) in [5, 5.41) is 11.1. The highest BCUT2D eigenvalue weighted by Crippen LogP contribution is 2.29. The minimum atomic E-state index is -0.310. The molecule has 1 aromatic carbocycles. The standard InChI is InChI=1S/C15H16ClN3O2S/c16-15-6-5-12(22-15)11-17-7-9-18(10-8-17)13-3-1-2-4-14(13)19(20)21/h1-6H,7-11H2. The maximum absolute atomic E-state index is 11.1. The van der Waals surface area contributed by atoms with Crippen molar-refractivity contribution in [2.75, 3.05) is 31.1 Å². The van der Waals surface area contributed by atoms with Gasteiger partial charge in [0.2, 0.25) is 0 Å². The number of nitro benzene ring substituents is 1. The molecular formula is C15H16ClN3O2S. The number of nitro groups is 1. The van der Waals surface area contributed by atoms with Gasteiger partial charge in [-0.05, 0) is 18.2 Å². The van der Waals surface area contributed by atoms with E-state index in [1.807, 2.05) is 18.2 Å². The molecule has 0 spiro atoms. The predicted molar refractivity (Wildman–Crippen MR) is 89.9 cm³/mol. The third-order valence-electron chi connectivity index (χ3n) is 3.80. The average Bonchev–Trinajstić information content (AvgIpc) is 2.93. The highest BCUT2D eigenvalue weighted by atomic mass is 35.5. The Kier molecular flexibility index (Phi) is 4.61. The summed E-state index contributed by atoms with van der Waals surface area (Å²) in [4.78, 5) is 16.5. The van der Waals surface area contributed by atoms with Crippen molar-refractivity contribution < 1.29 is 4.92 Å². The van der Waals surface area contributed by atoms with E-state index in [-0.39, 0.29) is 10.6 Å². The largest absolute Gasteiger partial charge is 0.363 e. The number of thiophene rings is 1. The number of hydrogen-bond acceptors (Lipinski definition) is 5. The fourth-order valence-electron chi connectivity index (χ4n) is 2.69. The molecule has 1 aliphatic heterocycles. The van der Waals surface area contributed by atoms with Crippen molar-refractivity contribution in [3.8, 4) is 0 Å². The molecule has 0 aliphatic carbocycles. The number of anilines is 1. The van der Waals surface area contributed by atoms with Gasteiger partial charge >= 0.3 is 0 Å². The molecule has 7 heteroatoms. The van der Waals surface area contributed by atoms with Gasteiger partial charge in [-0.25, -0.2) is 0 Å². The van der Waals surface area contributed by atoms with Crippen LogP contribution < -0.4 is 4.90 Å². The van der Waals surface area contributed by atoms with Crippen LogP contribution in [0, 0.1) is 10.1 Å². The number of halogens is 1. The summed E-state index contributed by atoms with van der Waals surface area (Å²) in [5.41, 5.74) is 0.896. The molecular weight excluding hydrogens is 322 g/mol. The second kappa shape index (κ2) is 6.64. The van der Waals surface area contributed by atoms with Crippen molar-refractivity contribution in [1.29, 1.82) is 0 Å². The molecule has 3 rings (SSSR count). The van der Waals surface area contributed by atoms with Crippen LogP contribution in [0.4, 0.5) is 11.4 Å². The molecule has 0 N–H and O–H groups in total. The molecule has 116 valence electrons. The zero-order valence-corrected chi connectivity index (χ0v) is 13.5. The number of hydrogen-bond donors (Lipinski definition) is 0. The van der Waals surface area contributed by atoms with Gasteiger partial charge < -0.3 is 4.90 Å². The van der Waals surface area contributed by atoms with Crippen LogP contribution in [-0.4, -0.2) is 36.0 Å². The van der Waals surface area contributed by atoms with Gasteiger partial charge in [-0.1, -0.05) is 23.7 Å². The Bertz CT molecular complexity index is 668. The summed E-state index contributed by atoms with van der Waals surface area (Å²) in [6.07, 6.45) is 0. The summed E-state index contributed by atoms with van der Waals surface area (Å²) in [5.74, 6) is 0. The molecule has 22 heavy (non-hydrogen) atoms. The molecule has 2 aromatic rings. The summed E-state index contributed by atoms with van der Waals surface area (Å²) in [6, 6.07) is 10.9. The van der Waals surface area contributed by atoms with E-state index in [0.717, 1.165) is 37.1 Å². The van der Waals surface area contributed by atoms with Crippen LogP contribution in [0.2, 0.25) is 4.34 Å². The van der Waals surface area contributed by atoms with Gasteiger partial charge in [-0.15, -0.1) is 11.3 Å². The summed E-state index contributed by atoms with van der Waals surface area (Å²) in [7, 11) is 0. The van der Waals surface area contributed by atoms with E-state index in [4.69, 9.17) is 11.6 Å². The number of benzene rings is 1. The smallest absolute Gasteiger partial charge is 0.292 e. The van der Waals surface area contributed by atoms with Crippen molar-refractivity contribution >= 4 is 34.3 Å². The van der Waals surface area contributed by atoms with E-state index < -0.39 is 0 Å². The van der Waals surface area contributed by atoms with Crippen LogP contribution in [0.1, 0.15) is 4.88 Å². The topological polar surface area (TPSA) is 49.6 Å². The normalized spacial score (nSPS) is 16.0. The summed E-state index contributed by atoms with van der Waals surface area (Å²) in [6.45, 7) is 4.26. The maximum Gasteiger partial charge on any atom is 0.292 e. The quantitative estimate of drug-likeness (QED) is 0.631. The van der Waals surface area contributed by atoms with Crippen LogP contribution in [0.3, 0.4) is 0 Å². The van der Waals surface area contributed by atoms with E-state index in [1.54, 1.807) is 23.5 Å².